The highest BCUT2D eigenvalue weighted by Crippen LogP contribution is 2.23. The van der Waals surface area contributed by atoms with Gasteiger partial charge >= 0.3 is 0 Å². The van der Waals surface area contributed by atoms with Gasteiger partial charge in [0.25, 0.3) is 5.91 Å². The number of H-pyrrole nitrogens is 1. The number of benzene rings is 2. The molecule has 2 aromatic heterocycles. The number of amides is 1. The van der Waals surface area contributed by atoms with Gasteiger partial charge in [-0.05, 0) is 54.7 Å². The van der Waals surface area contributed by atoms with Crippen molar-refractivity contribution in [2.75, 3.05) is 0 Å². The Balaban J connectivity index is 1.45. The van der Waals surface area contributed by atoms with Gasteiger partial charge in [-0.15, -0.1) is 0 Å². The third-order valence-corrected chi connectivity index (χ3v) is 5.44. The molecule has 0 aliphatic rings. The quantitative estimate of drug-likeness (QED) is 0.363. The van der Waals surface area contributed by atoms with E-state index in [1.165, 1.54) is 0 Å². The van der Waals surface area contributed by atoms with Gasteiger partial charge in [-0.1, -0.05) is 48.0 Å². The second-order valence-electron chi connectivity index (χ2n) is 7.92. The first-order chi connectivity index (χ1) is 16.0. The van der Waals surface area contributed by atoms with Crippen molar-refractivity contribution in [3.63, 3.8) is 0 Å². The zero-order valence-electron chi connectivity index (χ0n) is 18.1. The second kappa shape index (κ2) is 10.4. The lowest BCUT2D eigenvalue weighted by Gasteiger charge is -2.20. The van der Waals surface area contributed by atoms with E-state index in [1.807, 2.05) is 48.5 Å². The average Bonchev–Trinajstić information content (AvgIpc) is 3.30. The fraction of sp³-hybridized carbons (Fsp3) is 0.200. The molecule has 0 aliphatic carbocycles. The van der Waals surface area contributed by atoms with E-state index in [1.54, 1.807) is 31.6 Å². The molecule has 4 aromatic rings. The molecule has 0 saturated heterocycles. The number of aromatic amines is 1. The Hall–Kier alpha value is -3.55. The maximum Gasteiger partial charge on any atom is 0.269 e. The van der Waals surface area contributed by atoms with Crippen LogP contribution in [0, 0.1) is 0 Å². The number of aromatic nitrogens is 4. The molecule has 3 N–H and O–H groups in total. The first-order valence-corrected chi connectivity index (χ1v) is 11.0. The van der Waals surface area contributed by atoms with E-state index >= 15 is 0 Å². The largest absolute Gasteiger partial charge is 0.393 e. The SMILES string of the molecule is C[C@H](O)C[C@H](Cc1ccc(-c2cccc(Cl)c2)cc1)NC(=O)c1cc(-c2cnccn2)n[nH]1. The summed E-state index contributed by atoms with van der Waals surface area (Å²) >= 11 is 6.10. The number of halogens is 1. The summed E-state index contributed by atoms with van der Waals surface area (Å²) in [6.45, 7) is 1.71. The Morgan fingerprint density at radius 3 is 2.61 bits per heavy atom. The highest BCUT2D eigenvalue weighted by atomic mass is 35.5. The number of aliphatic hydroxyl groups excluding tert-OH is 1. The zero-order chi connectivity index (χ0) is 23.2. The summed E-state index contributed by atoms with van der Waals surface area (Å²) in [4.78, 5) is 21.0. The molecule has 4 rings (SSSR count). The molecular formula is C25H24ClN5O2. The van der Waals surface area contributed by atoms with Crippen LogP contribution in [0.2, 0.25) is 5.02 Å². The Kier molecular flexibility index (Phi) is 7.12. The first-order valence-electron chi connectivity index (χ1n) is 10.6. The third-order valence-electron chi connectivity index (χ3n) is 5.20. The standard InChI is InChI=1S/C25H24ClN5O2/c1-16(32)11-21(12-17-5-7-18(8-6-17)19-3-2-4-20(26)13-19)29-25(33)23-14-22(30-31-23)24-15-27-9-10-28-24/h2-10,13-16,21,32H,11-12H2,1H3,(H,29,33)(H,30,31)/t16-,21+/m0/s1. The molecule has 33 heavy (non-hydrogen) atoms. The Morgan fingerprint density at radius 2 is 1.91 bits per heavy atom. The number of hydrogen-bond donors (Lipinski definition) is 3. The van der Waals surface area contributed by atoms with Crippen molar-refractivity contribution >= 4 is 17.5 Å². The van der Waals surface area contributed by atoms with Crippen molar-refractivity contribution < 1.29 is 9.90 Å². The van der Waals surface area contributed by atoms with Crippen LogP contribution in [0.1, 0.15) is 29.4 Å². The minimum atomic E-state index is -0.557. The first kappa shape index (κ1) is 22.6. The van der Waals surface area contributed by atoms with Crippen LogP contribution in [-0.2, 0) is 6.42 Å². The van der Waals surface area contributed by atoms with Crippen molar-refractivity contribution in [2.24, 2.45) is 0 Å². The minimum absolute atomic E-state index is 0.252. The molecule has 2 heterocycles. The van der Waals surface area contributed by atoms with Gasteiger partial charge in [0.1, 0.15) is 17.1 Å². The van der Waals surface area contributed by atoms with Gasteiger partial charge < -0.3 is 10.4 Å². The molecule has 2 atom stereocenters. The number of nitrogens with one attached hydrogen (secondary N) is 2. The number of hydrogen-bond acceptors (Lipinski definition) is 5. The summed E-state index contributed by atoms with van der Waals surface area (Å²) in [5, 5.41) is 20.6. The smallest absolute Gasteiger partial charge is 0.269 e. The number of nitrogens with zero attached hydrogens (tertiary/aromatic N) is 3. The summed E-state index contributed by atoms with van der Waals surface area (Å²) in [5.74, 6) is -0.293. The monoisotopic (exact) mass is 461 g/mol. The van der Waals surface area contributed by atoms with Crippen LogP contribution in [0.4, 0.5) is 0 Å². The molecule has 168 valence electrons. The maximum absolute atomic E-state index is 12.8. The molecule has 0 saturated carbocycles. The summed E-state index contributed by atoms with van der Waals surface area (Å²) < 4.78 is 0. The second-order valence-corrected chi connectivity index (χ2v) is 8.36. The van der Waals surface area contributed by atoms with Crippen LogP contribution in [-0.4, -0.2) is 43.3 Å². The van der Waals surface area contributed by atoms with E-state index < -0.39 is 6.10 Å². The lowest BCUT2D eigenvalue weighted by molar-refractivity contribution is 0.0912. The normalized spacial score (nSPS) is 12.8. The molecule has 0 unspecified atom stereocenters. The molecule has 7 nitrogen and oxygen atoms in total. The molecule has 0 spiro atoms. The van der Waals surface area contributed by atoms with E-state index in [9.17, 15) is 9.90 Å². The van der Waals surface area contributed by atoms with Crippen molar-refractivity contribution in [3.8, 4) is 22.5 Å². The van der Waals surface area contributed by atoms with Crippen LogP contribution in [0.25, 0.3) is 22.5 Å². The number of carbonyl (C=O) groups is 1. The van der Waals surface area contributed by atoms with Crippen LogP contribution < -0.4 is 5.32 Å². The number of carbonyl (C=O) groups excluding carboxylic acids is 1. The molecule has 1 amide bonds. The molecule has 0 radical (unpaired) electrons. The molecular weight excluding hydrogens is 438 g/mol. The molecule has 0 aliphatic heterocycles. The van der Waals surface area contributed by atoms with Crippen molar-refractivity contribution in [1.82, 2.24) is 25.5 Å². The predicted molar refractivity (Wildman–Crippen MR) is 128 cm³/mol. The van der Waals surface area contributed by atoms with Gasteiger partial charge in [0.05, 0.1) is 12.3 Å². The van der Waals surface area contributed by atoms with E-state index in [-0.39, 0.29) is 11.9 Å². The van der Waals surface area contributed by atoms with E-state index in [4.69, 9.17) is 11.6 Å². The molecule has 2 aromatic carbocycles. The fourth-order valence-corrected chi connectivity index (χ4v) is 3.84. The van der Waals surface area contributed by atoms with E-state index in [0.717, 1.165) is 16.7 Å². The number of aliphatic hydroxyl groups is 1. The fourth-order valence-electron chi connectivity index (χ4n) is 3.65. The summed E-state index contributed by atoms with van der Waals surface area (Å²) in [5.41, 5.74) is 4.59. The van der Waals surface area contributed by atoms with Crippen LogP contribution in [0.3, 0.4) is 0 Å². The minimum Gasteiger partial charge on any atom is -0.393 e. The van der Waals surface area contributed by atoms with Crippen LogP contribution in [0.15, 0.2) is 73.2 Å². The van der Waals surface area contributed by atoms with E-state index in [0.29, 0.717) is 34.9 Å². The summed E-state index contributed by atoms with van der Waals surface area (Å²) in [6, 6.07) is 17.2. The van der Waals surface area contributed by atoms with Crippen LogP contribution in [0.5, 0.6) is 0 Å². The lowest BCUT2D eigenvalue weighted by Crippen LogP contribution is -2.38. The van der Waals surface area contributed by atoms with Gasteiger partial charge in [-0.2, -0.15) is 5.10 Å². The van der Waals surface area contributed by atoms with Crippen molar-refractivity contribution in [3.05, 3.63) is 89.5 Å². The number of rotatable bonds is 8. The third kappa shape index (κ3) is 6.03. The van der Waals surface area contributed by atoms with Gasteiger partial charge in [0.15, 0.2) is 0 Å². The predicted octanol–water partition coefficient (Wildman–Crippen LogP) is 4.30. The zero-order valence-corrected chi connectivity index (χ0v) is 18.8. The van der Waals surface area contributed by atoms with Crippen molar-refractivity contribution in [2.45, 2.75) is 31.9 Å². The van der Waals surface area contributed by atoms with Crippen molar-refractivity contribution in [1.29, 1.82) is 0 Å². The topological polar surface area (TPSA) is 104 Å². The highest BCUT2D eigenvalue weighted by Gasteiger charge is 2.19. The summed E-state index contributed by atoms with van der Waals surface area (Å²) in [7, 11) is 0. The van der Waals surface area contributed by atoms with Gasteiger partial charge in [0, 0.05) is 23.5 Å². The maximum atomic E-state index is 12.8. The van der Waals surface area contributed by atoms with Gasteiger partial charge in [0.2, 0.25) is 0 Å². The van der Waals surface area contributed by atoms with E-state index in [2.05, 4.69) is 25.5 Å². The molecule has 0 fully saturated rings. The highest BCUT2D eigenvalue weighted by molar-refractivity contribution is 6.30. The molecule has 0 bridgehead atoms. The van der Waals surface area contributed by atoms with Gasteiger partial charge in [-0.25, -0.2) is 0 Å². The van der Waals surface area contributed by atoms with Gasteiger partial charge in [-0.3, -0.25) is 19.9 Å². The average molecular weight is 462 g/mol. The Labute approximate surface area is 196 Å². The lowest BCUT2D eigenvalue weighted by atomic mass is 9.98. The van der Waals surface area contributed by atoms with Crippen LogP contribution >= 0.6 is 11.6 Å². The Bertz CT molecular complexity index is 1210. The molecule has 8 heteroatoms. The summed E-state index contributed by atoms with van der Waals surface area (Å²) in [6.07, 6.45) is 5.18. The Morgan fingerprint density at radius 1 is 1.09 bits per heavy atom.